The average Bonchev–Trinajstić information content (AvgIpc) is 3.87. The summed E-state index contributed by atoms with van der Waals surface area (Å²) in [6.45, 7) is 12.1. The Labute approximate surface area is 290 Å². The number of H-pyrrole nitrogens is 2. The van der Waals surface area contributed by atoms with Gasteiger partial charge in [0.2, 0.25) is 0 Å². The molecule has 2 saturated heterocycles. The number of hydrogen-bond donors (Lipinski definition) is 2. The van der Waals surface area contributed by atoms with Crippen LogP contribution in [0.4, 0.5) is 9.59 Å². The lowest BCUT2D eigenvalue weighted by molar-refractivity contribution is 0.00613. The Morgan fingerprint density at radius 1 is 0.796 bits per heavy atom. The van der Waals surface area contributed by atoms with Crippen LogP contribution in [0.15, 0.2) is 48.8 Å². The Morgan fingerprint density at radius 2 is 1.39 bits per heavy atom. The topological polar surface area (TPSA) is 116 Å². The van der Waals surface area contributed by atoms with Crippen LogP contribution in [0.3, 0.4) is 0 Å². The van der Waals surface area contributed by atoms with E-state index in [2.05, 4.69) is 46.4 Å². The Balaban J connectivity index is 1.03. The number of ether oxygens (including phenoxy) is 2. The van der Waals surface area contributed by atoms with Crippen molar-refractivity contribution in [2.75, 3.05) is 6.54 Å². The zero-order valence-corrected chi connectivity index (χ0v) is 29.8. The van der Waals surface area contributed by atoms with Crippen LogP contribution in [0.2, 0.25) is 0 Å². The molecule has 49 heavy (non-hydrogen) atoms. The molecule has 2 aromatic carbocycles. The fourth-order valence-corrected chi connectivity index (χ4v) is 9.09. The number of likely N-dealkylation sites (tertiary alicyclic amines) is 2. The van der Waals surface area contributed by atoms with Gasteiger partial charge in [0.05, 0.1) is 35.9 Å². The summed E-state index contributed by atoms with van der Waals surface area (Å²) < 4.78 is 13.9. The van der Waals surface area contributed by atoms with E-state index >= 15 is 0 Å². The van der Waals surface area contributed by atoms with Crippen molar-refractivity contribution in [3.05, 3.63) is 60.4 Å². The van der Waals surface area contributed by atoms with Crippen molar-refractivity contribution in [2.45, 2.75) is 103 Å². The van der Waals surface area contributed by atoms with Crippen LogP contribution >= 0.6 is 11.3 Å². The molecule has 4 unspecified atom stereocenters. The van der Waals surface area contributed by atoms with Gasteiger partial charge in [0.25, 0.3) is 0 Å². The molecule has 256 valence electrons. The molecule has 1 aliphatic carbocycles. The van der Waals surface area contributed by atoms with E-state index in [1.165, 1.54) is 20.2 Å². The smallest absolute Gasteiger partial charge is 0.411 e. The van der Waals surface area contributed by atoms with Crippen molar-refractivity contribution in [2.24, 2.45) is 5.92 Å². The monoisotopic (exact) mass is 680 g/mol. The van der Waals surface area contributed by atoms with E-state index < -0.39 is 11.2 Å². The molecule has 3 fully saturated rings. The van der Waals surface area contributed by atoms with E-state index in [0.717, 1.165) is 66.3 Å². The number of rotatable bonds is 4. The maximum Gasteiger partial charge on any atom is 0.411 e. The van der Waals surface area contributed by atoms with Crippen LogP contribution in [-0.2, 0) is 9.47 Å². The number of nitrogens with one attached hydrogen (secondary N) is 2. The van der Waals surface area contributed by atoms with Gasteiger partial charge in [-0.05, 0) is 91.7 Å². The first kappa shape index (κ1) is 31.9. The molecular formula is C38H44N6O4S. The molecule has 5 aromatic rings. The van der Waals surface area contributed by atoms with Crippen molar-refractivity contribution in [1.29, 1.82) is 0 Å². The minimum absolute atomic E-state index is 0.0918. The van der Waals surface area contributed by atoms with Gasteiger partial charge < -0.3 is 19.4 Å². The van der Waals surface area contributed by atoms with Gasteiger partial charge in [-0.2, -0.15) is 0 Å². The highest BCUT2D eigenvalue weighted by Gasteiger charge is 2.51. The molecule has 0 radical (unpaired) electrons. The molecular weight excluding hydrogens is 637 g/mol. The molecule has 5 heterocycles. The number of thiophene rings is 1. The summed E-state index contributed by atoms with van der Waals surface area (Å²) in [6.07, 6.45) is 8.11. The van der Waals surface area contributed by atoms with Crippen LogP contribution in [-0.4, -0.2) is 65.7 Å². The van der Waals surface area contributed by atoms with Crippen LogP contribution in [0.25, 0.3) is 42.7 Å². The number of nitrogens with zero attached hydrogens (tertiary/aromatic N) is 4. The van der Waals surface area contributed by atoms with E-state index in [9.17, 15) is 9.59 Å². The third kappa shape index (κ3) is 5.96. The standard InChI is InChI=1S/C38H44N6O4S/c1-37(2,3)47-35(45)43-15-7-8-29(43)33-39-19-27(41-33)21-10-13-25-26-14-11-22(18-31(26)49-30(25)17-21)28-20-40-34(42-28)32-23-9-12-24(16-23)44(32)36(46)48-38(4,5)6/h10-11,13-14,17-20,23-24,29,32H,7-9,12,15-16H2,1-6H3,(H,39,41)(H,40,42). The molecule has 3 aromatic heterocycles. The fraction of sp³-hybridized carbons (Fsp3) is 0.474. The number of carbonyl (C=O) groups excluding carboxylic acids is 2. The number of hydrogen-bond acceptors (Lipinski definition) is 7. The van der Waals surface area contributed by atoms with E-state index in [-0.39, 0.29) is 30.3 Å². The molecule has 2 N–H and O–H groups in total. The second kappa shape index (κ2) is 11.6. The van der Waals surface area contributed by atoms with E-state index in [4.69, 9.17) is 19.4 Å². The SMILES string of the molecule is CC(C)(C)OC(=O)N1CCCC1c1ncc(-c2ccc3c(c2)sc2cc(-c4cnc(C5C6CCC(C6)N5C(=O)OC(C)(C)C)[nH]4)ccc23)[nH]1. The van der Waals surface area contributed by atoms with Crippen molar-refractivity contribution in [3.63, 3.8) is 0 Å². The highest BCUT2D eigenvalue weighted by Crippen LogP contribution is 2.50. The Bertz CT molecular complexity index is 2070. The highest BCUT2D eigenvalue weighted by atomic mass is 32.1. The molecule has 10 nitrogen and oxygen atoms in total. The normalized spacial score (nSPS) is 22.5. The molecule has 2 amide bonds. The summed E-state index contributed by atoms with van der Waals surface area (Å²) in [5, 5.41) is 2.42. The molecule has 0 spiro atoms. The number of fused-ring (bicyclic) bond motifs is 5. The van der Waals surface area contributed by atoms with Crippen molar-refractivity contribution in [3.8, 4) is 22.5 Å². The lowest BCUT2D eigenvalue weighted by atomic mass is 9.98. The Morgan fingerprint density at radius 3 is 2.02 bits per heavy atom. The molecule has 2 aliphatic heterocycles. The third-order valence-electron chi connectivity index (χ3n) is 9.95. The first-order valence-corrected chi connectivity index (χ1v) is 18.2. The summed E-state index contributed by atoms with van der Waals surface area (Å²) >= 11 is 1.77. The fourth-order valence-electron chi connectivity index (χ4n) is 7.91. The van der Waals surface area contributed by atoms with Crippen molar-refractivity contribution >= 4 is 43.7 Å². The molecule has 8 rings (SSSR count). The van der Waals surface area contributed by atoms with Crippen LogP contribution in [0.5, 0.6) is 0 Å². The van der Waals surface area contributed by atoms with E-state index in [1.54, 1.807) is 16.2 Å². The van der Waals surface area contributed by atoms with E-state index in [1.807, 2.05) is 58.8 Å². The Hall–Kier alpha value is -4.38. The first-order valence-electron chi connectivity index (χ1n) is 17.4. The van der Waals surface area contributed by atoms with Gasteiger partial charge in [0, 0.05) is 43.9 Å². The van der Waals surface area contributed by atoms with Crippen molar-refractivity contribution < 1.29 is 19.1 Å². The predicted octanol–water partition coefficient (Wildman–Crippen LogP) is 9.37. The van der Waals surface area contributed by atoms with Gasteiger partial charge in [0.15, 0.2) is 0 Å². The van der Waals surface area contributed by atoms with Gasteiger partial charge in [0.1, 0.15) is 22.9 Å². The van der Waals surface area contributed by atoms with Crippen LogP contribution in [0, 0.1) is 5.92 Å². The largest absolute Gasteiger partial charge is 0.444 e. The second-order valence-corrected chi connectivity index (χ2v) is 16.9. The number of carbonyl (C=O) groups is 2. The number of piperidine rings is 1. The number of benzene rings is 2. The third-order valence-corrected chi connectivity index (χ3v) is 11.1. The summed E-state index contributed by atoms with van der Waals surface area (Å²) in [7, 11) is 0. The van der Waals surface area contributed by atoms with E-state index in [0.29, 0.717) is 12.5 Å². The summed E-state index contributed by atoms with van der Waals surface area (Å²) in [4.78, 5) is 46.4. The summed E-state index contributed by atoms with van der Waals surface area (Å²) in [6, 6.07) is 13.1. The molecule has 11 heteroatoms. The van der Waals surface area contributed by atoms with Gasteiger partial charge in [-0.1, -0.05) is 24.3 Å². The van der Waals surface area contributed by atoms with Gasteiger partial charge in [-0.15, -0.1) is 11.3 Å². The zero-order valence-electron chi connectivity index (χ0n) is 29.0. The number of aromatic nitrogens is 4. The quantitative estimate of drug-likeness (QED) is 0.195. The van der Waals surface area contributed by atoms with Gasteiger partial charge in [-0.3, -0.25) is 9.80 Å². The molecule has 1 saturated carbocycles. The minimum Gasteiger partial charge on any atom is -0.444 e. The lowest BCUT2D eigenvalue weighted by Crippen LogP contribution is -2.43. The Kier molecular flexibility index (Phi) is 7.55. The molecule has 2 bridgehead atoms. The summed E-state index contributed by atoms with van der Waals surface area (Å²) in [5.74, 6) is 2.02. The second-order valence-electron chi connectivity index (χ2n) is 15.8. The maximum atomic E-state index is 13.2. The predicted molar refractivity (Wildman–Crippen MR) is 191 cm³/mol. The number of amides is 2. The maximum absolute atomic E-state index is 13.2. The minimum atomic E-state index is -0.542. The summed E-state index contributed by atoms with van der Waals surface area (Å²) in [5.41, 5.74) is 2.91. The van der Waals surface area contributed by atoms with Crippen LogP contribution < -0.4 is 0 Å². The first-order chi connectivity index (χ1) is 23.3. The zero-order chi connectivity index (χ0) is 34.2. The van der Waals surface area contributed by atoms with Gasteiger partial charge >= 0.3 is 12.2 Å². The number of imidazole rings is 2. The average molecular weight is 681 g/mol. The highest BCUT2D eigenvalue weighted by molar-refractivity contribution is 7.25. The molecule has 4 atom stereocenters. The lowest BCUT2D eigenvalue weighted by Gasteiger charge is -2.35. The van der Waals surface area contributed by atoms with Crippen molar-refractivity contribution in [1.82, 2.24) is 29.7 Å². The van der Waals surface area contributed by atoms with Gasteiger partial charge in [-0.25, -0.2) is 19.6 Å². The number of aromatic amines is 2. The molecule has 3 aliphatic rings. The van der Waals surface area contributed by atoms with Crippen LogP contribution in [0.1, 0.15) is 97.4 Å².